The van der Waals surface area contributed by atoms with Crippen LogP contribution in [0.1, 0.15) is 17.0 Å². The highest BCUT2D eigenvalue weighted by Gasteiger charge is 2.58. The molecule has 0 N–H and O–H groups in total. The molecule has 0 fully saturated rings. The Balaban J connectivity index is 1.55. The van der Waals surface area contributed by atoms with E-state index in [-0.39, 0.29) is 25.9 Å². The first-order valence-electron chi connectivity index (χ1n) is 8.74. The highest BCUT2D eigenvalue weighted by molar-refractivity contribution is 7.10. The first-order valence-corrected chi connectivity index (χ1v) is 10.3. The number of carbonyl (C=O) groups is 1. The summed E-state index contributed by atoms with van der Waals surface area (Å²) in [5.41, 5.74) is 1.07. The maximum Gasteiger partial charge on any atom is 0.246 e. The van der Waals surface area contributed by atoms with E-state index in [2.05, 4.69) is 9.36 Å². The largest absolute Gasteiger partial charge is 0.491 e. The van der Waals surface area contributed by atoms with Crippen LogP contribution in [0.25, 0.3) is 0 Å². The molecule has 3 aliphatic rings. The van der Waals surface area contributed by atoms with Crippen LogP contribution in [-0.2, 0) is 16.8 Å². The first-order chi connectivity index (χ1) is 14.1. The molecule has 1 aromatic heterocycles. The standard InChI is InChI=1S/C19H11Cl2N3O4S/c20-10-2-1-3-11-16(10)19(17(25)24(11)6-15-22-18(21)29-23-15)7-26-12-5-14-13(4-9(12)19)27-8-28-14/h1-5H,6-8H2. The Morgan fingerprint density at radius 2 is 1.97 bits per heavy atom. The van der Waals surface area contributed by atoms with Gasteiger partial charge in [-0.05, 0) is 41.3 Å². The molecule has 0 saturated heterocycles. The van der Waals surface area contributed by atoms with Gasteiger partial charge in [-0.15, -0.1) is 0 Å². The molecule has 3 aromatic rings. The second-order valence-electron chi connectivity index (χ2n) is 6.88. The van der Waals surface area contributed by atoms with Gasteiger partial charge in [0.25, 0.3) is 0 Å². The number of carbonyl (C=O) groups excluding carboxylic acids is 1. The maximum absolute atomic E-state index is 13.8. The van der Waals surface area contributed by atoms with Crippen molar-refractivity contribution in [2.24, 2.45) is 0 Å². The molecule has 29 heavy (non-hydrogen) atoms. The van der Waals surface area contributed by atoms with Crippen LogP contribution >= 0.6 is 34.7 Å². The minimum absolute atomic E-state index is 0.138. The van der Waals surface area contributed by atoms with E-state index < -0.39 is 5.41 Å². The van der Waals surface area contributed by atoms with Crippen LogP contribution in [0.4, 0.5) is 5.69 Å². The lowest BCUT2D eigenvalue weighted by atomic mass is 9.77. The van der Waals surface area contributed by atoms with Crippen LogP contribution in [0, 0.1) is 0 Å². The number of rotatable bonds is 2. The van der Waals surface area contributed by atoms with E-state index in [9.17, 15) is 4.79 Å². The van der Waals surface area contributed by atoms with Crippen molar-refractivity contribution in [3.8, 4) is 17.2 Å². The molecule has 1 atom stereocenters. The van der Waals surface area contributed by atoms with Crippen molar-refractivity contribution >= 4 is 46.3 Å². The van der Waals surface area contributed by atoms with Crippen LogP contribution in [0.3, 0.4) is 0 Å². The van der Waals surface area contributed by atoms with E-state index in [0.717, 1.165) is 11.5 Å². The Hall–Kier alpha value is -2.55. The van der Waals surface area contributed by atoms with Gasteiger partial charge >= 0.3 is 0 Å². The van der Waals surface area contributed by atoms with Gasteiger partial charge in [-0.25, -0.2) is 4.98 Å². The van der Waals surface area contributed by atoms with E-state index >= 15 is 0 Å². The molecule has 0 aliphatic carbocycles. The molecule has 146 valence electrons. The molecule has 10 heteroatoms. The maximum atomic E-state index is 13.8. The minimum atomic E-state index is -1.07. The van der Waals surface area contributed by atoms with Crippen molar-refractivity contribution in [2.45, 2.75) is 12.0 Å². The summed E-state index contributed by atoms with van der Waals surface area (Å²) in [6.07, 6.45) is 0. The quantitative estimate of drug-likeness (QED) is 0.594. The van der Waals surface area contributed by atoms with Gasteiger partial charge in [-0.2, -0.15) is 4.37 Å². The van der Waals surface area contributed by atoms with Crippen molar-refractivity contribution in [3.63, 3.8) is 0 Å². The van der Waals surface area contributed by atoms with E-state index in [4.69, 9.17) is 37.4 Å². The van der Waals surface area contributed by atoms with Crippen LogP contribution in [-0.4, -0.2) is 28.7 Å². The highest BCUT2D eigenvalue weighted by Crippen LogP contribution is 2.56. The Kier molecular flexibility index (Phi) is 3.57. The van der Waals surface area contributed by atoms with Crippen LogP contribution in [0.2, 0.25) is 9.49 Å². The predicted octanol–water partition coefficient (Wildman–Crippen LogP) is 3.80. The summed E-state index contributed by atoms with van der Waals surface area (Å²) in [6.45, 7) is 0.471. The molecule has 1 unspecified atom stereocenters. The van der Waals surface area contributed by atoms with Crippen molar-refractivity contribution in [1.29, 1.82) is 0 Å². The molecule has 3 aliphatic heterocycles. The summed E-state index contributed by atoms with van der Waals surface area (Å²) in [5, 5.41) is 0.497. The monoisotopic (exact) mass is 447 g/mol. The molecule has 4 heterocycles. The Morgan fingerprint density at radius 3 is 2.76 bits per heavy atom. The van der Waals surface area contributed by atoms with Gasteiger partial charge in [0, 0.05) is 22.2 Å². The number of aromatic nitrogens is 2. The molecule has 1 spiro atoms. The van der Waals surface area contributed by atoms with Crippen molar-refractivity contribution in [3.05, 3.63) is 56.8 Å². The number of ether oxygens (including phenoxy) is 3. The molecule has 2 aromatic carbocycles. The average Bonchev–Trinajstić information content (AvgIpc) is 3.46. The normalized spacial score (nSPS) is 20.9. The molecule has 0 bridgehead atoms. The summed E-state index contributed by atoms with van der Waals surface area (Å²) < 4.78 is 21.5. The van der Waals surface area contributed by atoms with Crippen molar-refractivity contribution in [2.75, 3.05) is 18.3 Å². The molecular formula is C19H11Cl2N3O4S. The fourth-order valence-electron chi connectivity index (χ4n) is 4.23. The zero-order valence-electron chi connectivity index (χ0n) is 14.6. The Morgan fingerprint density at radius 1 is 1.14 bits per heavy atom. The number of amides is 1. The summed E-state index contributed by atoms with van der Waals surface area (Å²) in [5.74, 6) is 2.10. The predicted molar refractivity (Wildman–Crippen MR) is 106 cm³/mol. The zero-order valence-corrected chi connectivity index (χ0v) is 17.0. The third-order valence-corrected chi connectivity index (χ3v) is 6.59. The number of nitrogens with zero attached hydrogens (tertiary/aromatic N) is 3. The number of anilines is 1. The van der Waals surface area contributed by atoms with E-state index in [0.29, 0.717) is 49.4 Å². The Bertz CT molecular complexity index is 1200. The fraction of sp³-hybridized carbons (Fsp3) is 0.211. The number of benzene rings is 2. The van der Waals surface area contributed by atoms with Gasteiger partial charge < -0.3 is 19.1 Å². The lowest BCUT2D eigenvalue weighted by Crippen LogP contribution is -2.42. The number of hydrogen-bond acceptors (Lipinski definition) is 7. The molecule has 0 radical (unpaired) electrons. The molecule has 7 nitrogen and oxygen atoms in total. The van der Waals surface area contributed by atoms with Gasteiger partial charge in [0.1, 0.15) is 17.8 Å². The second kappa shape index (κ2) is 5.98. The zero-order chi connectivity index (χ0) is 19.8. The van der Waals surface area contributed by atoms with Crippen LogP contribution in [0.5, 0.6) is 17.2 Å². The van der Waals surface area contributed by atoms with E-state index in [1.165, 1.54) is 0 Å². The summed E-state index contributed by atoms with van der Waals surface area (Å²) in [4.78, 5) is 19.7. The van der Waals surface area contributed by atoms with E-state index in [1.807, 2.05) is 18.2 Å². The van der Waals surface area contributed by atoms with E-state index in [1.54, 1.807) is 17.0 Å². The second-order valence-corrected chi connectivity index (χ2v) is 8.63. The molecule has 0 saturated carbocycles. The fourth-order valence-corrected chi connectivity index (χ4v) is 5.18. The van der Waals surface area contributed by atoms with Gasteiger partial charge in [0.15, 0.2) is 17.3 Å². The van der Waals surface area contributed by atoms with Gasteiger partial charge in [0.2, 0.25) is 17.2 Å². The first kappa shape index (κ1) is 17.3. The average molecular weight is 448 g/mol. The van der Waals surface area contributed by atoms with Gasteiger partial charge in [-0.3, -0.25) is 4.79 Å². The summed E-state index contributed by atoms with van der Waals surface area (Å²) in [6, 6.07) is 9.05. The molecule has 1 amide bonds. The summed E-state index contributed by atoms with van der Waals surface area (Å²) >= 11 is 13.6. The van der Waals surface area contributed by atoms with Gasteiger partial charge in [0.05, 0.1) is 12.2 Å². The van der Waals surface area contributed by atoms with Crippen molar-refractivity contribution < 1.29 is 19.0 Å². The third kappa shape index (κ3) is 2.27. The number of fused-ring (bicyclic) bond motifs is 5. The lowest BCUT2D eigenvalue weighted by Gasteiger charge is -2.23. The highest BCUT2D eigenvalue weighted by atomic mass is 35.5. The van der Waals surface area contributed by atoms with Crippen molar-refractivity contribution in [1.82, 2.24) is 9.36 Å². The number of hydrogen-bond donors (Lipinski definition) is 0. The minimum Gasteiger partial charge on any atom is -0.491 e. The SMILES string of the molecule is O=C1N(Cc2nsc(Cl)n2)c2cccc(Cl)c2C12COc1cc3c(cc12)OCO3. The topological polar surface area (TPSA) is 73.8 Å². The van der Waals surface area contributed by atoms with Gasteiger partial charge in [-0.1, -0.05) is 17.7 Å². The smallest absolute Gasteiger partial charge is 0.246 e. The Labute approximate surface area is 178 Å². The molecular weight excluding hydrogens is 437 g/mol. The van der Waals surface area contributed by atoms with Crippen LogP contribution < -0.4 is 19.1 Å². The lowest BCUT2D eigenvalue weighted by molar-refractivity contribution is -0.122. The molecule has 6 rings (SSSR count). The van der Waals surface area contributed by atoms with Crippen LogP contribution in [0.15, 0.2) is 30.3 Å². The third-order valence-electron chi connectivity index (χ3n) is 5.44. The summed E-state index contributed by atoms with van der Waals surface area (Å²) in [7, 11) is 0. The number of halogens is 2.